The Morgan fingerprint density at radius 1 is 1.31 bits per heavy atom. The molecule has 0 aliphatic carbocycles. The van der Waals surface area contributed by atoms with Crippen LogP contribution in [0.2, 0.25) is 5.02 Å². The molecule has 16 heavy (non-hydrogen) atoms. The Morgan fingerprint density at radius 3 is 2.50 bits per heavy atom. The normalized spacial score (nSPS) is 12.9. The molecule has 0 saturated carbocycles. The fourth-order valence-corrected chi connectivity index (χ4v) is 1.57. The van der Waals surface area contributed by atoms with Gasteiger partial charge in [0.15, 0.2) is 0 Å². The lowest BCUT2D eigenvalue weighted by atomic mass is 10.1. The largest absolute Gasteiger partial charge is 0.492 e. The zero-order valence-corrected chi connectivity index (χ0v) is 10.9. The molecule has 2 nitrogen and oxygen atoms in total. The van der Waals surface area contributed by atoms with Gasteiger partial charge >= 0.3 is 0 Å². The van der Waals surface area contributed by atoms with E-state index in [4.69, 9.17) is 22.1 Å². The fourth-order valence-electron chi connectivity index (χ4n) is 1.32. The van der Waals surface area contributed by atoms with E-state index in [2.05, 4.69) is 13.8 Å². The molecule has 0 aliphatic heterocycles. The third-order valence-corrected chi connectivity index (χ3v) is 2.73. The van der Waals surface area contributed by atoms with Crippen molar-refractivity contribution in [3.8, 4) is 5.75 Å². The van der Waals surface area contributed by atoms with Crippen LogP contribution in [0, 0.1) is 5.92 Å². The van der Waals surface area contributed by atoms with Crippen LogP contribution in [-0.2, 0) is 0 Å². The summed E-state index contributed by atoms with van der Waals surface area (Å²) >= 11 is 6.11. The minimum absolute atomic E-state index is 0.00205. The lowest BCUT2D eigenvalue weighted by molar-refractivity contribution is 0.289. The predicted octanol–water partition coefficient (Wildman–Crippen LogP) is 3.78. The number of nitrogens with two attached hydrogens (primary N) is 1. The molecule has 0 amide bonds. The highest BCUT2D eigenvalue weighted by Gasteiger charge is 2.06. The van der Waals surface area contributed by atoms with Crippen molar-refractivity contribution in [2.45, 2.75) is 33.2 Å². The first-order valence-corrected chi connectivity index (χ1v) is 6.06. The van der Waals surface area contributed by atoms with Gasteiger partial charge in [-0.05, 0) is 37.0 Å². The topological polar surface area (TPSA) is 35.2 Å². The second-order valence-corrected chi connectivity index (χ2v) is 4.92. The van der Waals surface area contributed by atoms with Crippen LogP contribution in [-0.4, -0.2) is 6.61 Å². The number of halogens is 1. The molecule has 1 aromatic rings. The average Bonchev–Trinajstić information content (AvgIpc) is 2.19. The van der Waals surface area contributed by atoms with E-state index in [1.807, 2.05) is 25.1 Å². The Bertz CT molecular complexity index is 337. The van der Waals surface area contributed by atoms with Crippen molar-refractivity contribution in [2.24, 2.45) is 11.7 Å². The lowest BCUT2D eigenvalue weighted by Crippen LogP contribution is -2.05. The zero-order valence-electron chi connectivity index (χ0n) is 10.2. The van der Waals surface area contributed by atoms with E-state index in [0.717, 1.165) is 17.7 Å². The lowest BCUT2D eigenvalue weighted by Gasteiger charge is -2.12. The van der Waals surface area contributed by atoms with Crippen LogP contribution in [0.3, 0.4) is 0 Å². The monoisotopic (exact) mass is 241 g/mol. The number of hydrogen-bond acceptors (Lipinski definition) is 2. The van der Waals surface area contributed by atoms with E-state index in [-0.39, 0.29) is 6.04 Å². The van der Waals surface area contributed by atoms with Gasteiger partial charge in [0.05, 0.1) is 11.6 Å². The zero-order chi connectivity index (χ0) is 12.1. The summed E-state index contributed by atoms with van der Waals surface area (Å²) in [6.07, 6.45) is 1.03. The number of rotatable bonds is 5. The first-order valence-electron chi connectivity index (χ1n) is 5.68. The first kappa shape index (κ1) is 13.3. The highest BCUT2D eigenvalue weighted by atomic mass is 35.5. The standard InChI is InChI=1S/C13H20ClNO/c1-9(2)6-7-16-13-5-4-11(10(3)15)8-12(13)14/h4-5,8-10H,6-7,15H2,1-3H3. The van der Waals surface area contributed by atoms with Crippen LogP contribution in [0.15, 0.2) is 18.2 Å². The van der Waals surface area contributed by atoms with Gasteiger partial charge in [-0.3, -0.25) is 0 Å². The molecule has 1 rings (SSSR count). The van der Waals surface area contributed by atoms with Gasteiger partial charge in [-0.25, -0.2) is 0 Å². The maximum Gasteiger partial charge on any atom is 0.137 e. The summed E-state index contributed by atoms with van der Waals surface area (Å²) in [5.74, 6) is 1.38. The maximum absolute atomic E-state index is 6.11. The minimum Gasteiger partial charge on any atom is -0.492 e. The van der Waals surface area contributed by atoms with Crippen LogP contribution in [0.25, 0.3) is 0 Å². The summed E-state index contributed by atoms with van der Waals surface area (Å²) in [6, 6.07) is 5.72. The second kappa shape index (κ2) is 6.12. The number of hydrogen-bond donors (Lipinski definition) is 1. The average molecular weight is 242 g/mol. The molecule has 0 aromatic heterocycles. The van der Waals surface area contributed by atoms with E-state index in [9.17, 15) is 0 Å². The molecule has 90 valence electrons. The van der Waals surface area contributed by atoms with E-state index < -0.39 is 0 Å². The quantitative estimate of drug-likeness (QED) is 0.852. The van der Waals surface area contributed by atoms with Crippen molar-refractivity contribution in [1.29, 1.82) is 0 Å². The van der Waals surface area contributed by atoms with Gasteiger partial charge in [-0.1, -0.05) is 31.5 Å². The molecule has 0 aliphatic rings. The SMILES string of the molecule is CC(C)CCOc1ccc(C(C)N)cc1Cl. The van der Waals surface area contributed by atoms with Gasteiger partial charge in [0, 0.05) is 6.04 Å². The number of benzene rings is 1. The molecule has 0 saturated heterocycles. The van der Waals surface area contributed by atoms with Crippen LogP contribution >= 0.6 is 11.6 Å². The van der Waals surface area contributed by atoms with Crippen LogP contribution in [0.4, 0.5) is 0 Å². The van der Waals surface area contributed by atoms with Crippen molar-refractivity contribution < 1.29 is 4.74 Å². The van der Waals surface area contributed by atoms with E-state index in [1.165, 1.54) is 0 Å². The van der Waals surface area contributed by atoms with Crippen molar-refractivity contribution in [3.63, 3.8) is 0 Å². The molecular formula is C13H20ClNO. The van der Waals surface area contributed by atoms with Gasteiger partial charge in [0.1, 0.15) is 5.75 Å². The van der Waals surface area contributed by atoms with Gasteiger partial charge in [-0.15, -0.1) is 0 Å². The van der Waals surface area contributed by atoms with Crippen molar-refractivity contribution >= 4 is 11.6 Å². The van der Waals surface area contributed by atoms with Crippen molar-refractivity contribution in [3.05, 3.63) is 28.8 Å². The van der Waals surface area contributed by atoms with E-state index in [1.54, 1.807) is 0 Å². The van der Waals surface area contributed by atoms with E-state index >= 15 is 0 Å². The fraction of sp³-hybridized carbons (Fsp3) is 0.538. The number of ether oxygens (including phenoxy) is 1. The van der Waals surface area contributed by atoms with Gasteiger partial charge in [-0.2, -0.15) is 0 Å². The summed E-state index contributed by atoms with van der Waals surface area (Å²) in [4.78, 5) is 0. The van der Waals surface area contributed by atoms with Crippen molar-refractivity contribution in [1.82, 2.24) is 0 Å². The highest BCUT2D eigenvalue weighted by Crippen LogP contribution is 2.27. The summed E-state index contributed by atoms with van der Waals surface area (Å²) < 4.78 is 5.61. The molecule has 1 atom stereocenters. The third-order valence-electron chi connectivity index (χ3n) is 2.43. The summed E-state index contributed by atoms with van der Waals surface area (Å²) in [6.45, 7) is 6.98. The summed E-state index contributed by atoms with van der Waals surface area (Å²) in [5, 5.41) is 0.638. The molecule has 2 N–H and O–H groups in total. The molecule has 0 fully saturated rings. The molecule has 0 bridgehead atoms. The summed E-state index contributed by atoms with van der Waals surface area (Å²) in [5.41, 5.74) is 6.80. The Kier molecular flexibility index (Phi) is 5.10. The van der Waals surface area contributed by atoms with Crippen LogP contribution < -0.4 is 10.5 Å². The Hall–Kier alpha value is -0.730. The second-order valence-electron chi connectivity index (χ2n) is 4.51. The summed E-state index contributed by atoms with van der Waals surface area (Å²) in [7, 11) is 0. The Labute approximate surface area is 103 Å². The molecule has 0 radical (unpaired) electrons. The van der Waals surface area contributed by atoms with E-state index in [0.29, 0.717) is 17.5 Å². The molecule has 1 unspecified atom stereocenters. The van der Waals surface area contributed by atoms with Crippen LogP contribution in [0.1, 0.15) is 38.8 Å². The predicted molar refractivity (Wildman–Crippen MR) is 69.0 cm³/mol. The maximum atomic E-state index is 6.11. The molecule has 0 heterocycles. The molecule has 0 spiro atoms. The first-order chi connectivity index (χ1) is 7.50. The van der Waals surface area contributed by atoms with Gasteiger partial charge in [0.25, 0.3) is 0 Å². The third kappa shape index (κ3) is 4.03. The molecule has 1 aromatic carbocycles. The highest BCUT2D eigenvalue weighted by molar-refractivity contribution is 6.32. The molecule has 3 heteroatoms. The minimum atomic E-state index is 0.00205. The van der Waals surface area contributed by atoms with Crippen LogP contribution in [0.5, 0.6) is 5.75 Å². The smallest absolute Gasteiger partial charge is 0.137 e. The Morgan fingerprint density at radius 2 is 2.00 bits per heavy atom. The van der Waals surface area contributed by atoms with Gasteiger partial charge in [0.2, 0.25) is 0 Å². The van der Waals surface area contributed by atoms with Crippen molar-refractivity contribution in [2.75, 3.05) is 6.61 Å². The molecular weight excluding hydrogens is 222 g/mol. The Balaban J connectivity index is 2.61. The van der Waals surface area contributed by atoms with Gasteiger partial charge < -0.3 is 10.5 Å².